The predicted octanol–water partition coefficient (Wildman–Crippen LogP) is 3.77. The van der Waals surface area contributed by atoms with Gasteiger partial charge >= 0.3 is 0 Å². The molecule has 6 heteroatoms. The minimum Gasteiger partial charge on any atom is -0.481 e. The number of rotatable bonds is 8. The molecule has 0 fully saturated rings. The monoisotopic (exact) mass is 398 g/mol. The minimum atomic E-state index is -0.722. The number of para-hydroxylation sites is 1. The van der Waals surface area contributed by atoms with Crippen molar-refractivity contribution in [1.82, 2.24) is 5.32 Å². The zero-order chi connectivity index (χ0) is 21.4. The topological polar surface area (TPSA) is 76.7 Å². The van der Waals surface area contributed by atoms with Crippen molar-refractivity contribution in [2.24, 2.45) is 0 Å². The summed E-state index contributed by atoms with van der Waals surface area (Å²) < 4.78 is 10.7. The van der Waals surface area contributed by atoms with Crippen molar-refractivity contribution in [2.45, 2.75) is 39.2 Å². The van der Waals surface area contributed by atoms with Crippen molar-refractivity contribution >= 4 is 17.5 Å². The molecule has 156 valence electrons. The van der Waals surface area contributed by atoms with Gasteiger partial charge in [-0.3, -0.25) is 9.59 Å². The Morgan fingerprint density at radius 1 is 1.03 bits per heavy atom. The lowest BCUT2D eigenvalue weighted by atomic mass is 9.87. The van der Waals surface area contributed by atoms with Crippen LogP contribution < -0.4 is 15.4 Å². The molecular weight excluding hydrogens is 368 g/mol. The van der Waals surface area contributed by atoms with Crippen LogP contribution in [0.15, 0.2) is 48.5 Å². The zero-order valence-electron chi connectivity index (χ0n) is 17.7. The Balaban J connectivity index is 2.02. The number of anilines is 1. The first kappa shape index (κ1) is 22.4. The molecule has 0 spiro atoms. The molecule has 2 rings (SSSR count). The number of carbonyl (C=O) groups excluding carboxylic acids is 2. The summed E-state index contributed by atoms with van der Waals surface area (Å²) in [5.74, 6) is 0.0116. The quantitative estimate of drug-likeness (QED) is 0.664. The normalized spacial score (nSPS) is 12.2. The Morgan fingerprint density at radius 2 is 1.69 bits per heavy atom. The van der Waals surface area contributed by atoms with Crippen LogP contribution in [-0.4, -0.2) is 38.2 Å². The van der Waals surface area contributed by atoms with Crippen molar-refractivity contribution in [3.05, 3.63) is 59.7 Å². The van der Waals surface area contributed by atoms with Crippen molar-refractivity contribution in [3.63, 3.8) is 0 Å². The van der Waals surface area contributed by atoms with Crippen molar-refractivity contribution in [3.8, 4) is 5.75 Å². The first-order valence-corrected chi connectivity index (χ1v) is 9.66. The minimum absolute atomic E-state index is 0.0507. The lowest BCUT2D eigenvalue weighted by molar-refractivity contribution is -0.122. The molecule has 1 unspecified atom stereocenters. The van der Waals surface area contributed by atoms with E-state index in [2.05, 4.69) is 31.4 Å². The number of nitrogens with one attached hydrogen (secondary N) is 2. The molecular formula is C23H30N2O4. The molecule has 2 N–H and O–H groups in total. The maximum absolute atomic E-state index is 12.6. The highest BCUT2D eigenvalue weighted by atomic mass is 16.5. The van der Waals surface area contributed by atoms with Gasteiger partial charge in [-0.15, -0.1) is 0 Å². The van der Waals surface area contributed by atoms with E-state index in [9.17, 15) is 9.59 Å². The molecule has 2 amide bonds. The highest BCUT2D eigenvalue weighted by molar-refractivity contribution is 6.04. The molecule has 0 saturated carbocycles. The van der Waals surface area contributed by atoms with E-state index in [1.54, 1.807) is 38.3 Å². The van der Waals surface area contributed by atoms with Gasteiger partial charge in [0.05, 0.1) is 17.9 Å². The molecule has 0 heterocycles. The molecule has 0 aromatic heterocycles. The number of methoxy groups -OCH3 is 1. The van der Waals surface area contributed by atoms with Crippen LogP contribution in [0.5, 0.6) is 5.75 Å². The number of benzene rings is 2. The van der Waals surface area contributed by atoms with Gasteiger partial charge in [-0.25, -0.2) is 0 Å². The fourth-order valence-electron chi connectivity index (χ4n) is 2.68. The maximum Gasteiger partial charge on any atom is 0.265 e. The third-order valence-electron chi connectivity index (χ3n) is 4.42. The SMILES string of the molecule is COCCNC(=O)c1ccccc1NC(=O)C(C)Oc1ccc(C(C)(C)C)cc1. The van der Waals surface area contributed by atoms with E-state index in [0.717, 1.165) is 0 Å². The smallest absolute Gasteiger partial charge is 0.265 e. The highest BCUT2D eigenvalue weighted by Gasteiger charge is 2.19. The van der Waals surface area contributed by atoms with E-state index in [1.807, 2.05) is 24.3 Å². The van der Waals surface area contributed by atoms with Gasteiger partial charge in [0.25, 0.3) is 11.8 Å². The second kappa shape index (κ2) is 10.1. The first-order valence-electron chi connectivity index (χ1n) is 9.66. The van der Waals surface area contributed by atoms with Gasteiger partial charge in [0.2, 0.25) is 0 Å². The fourth-order valence-corrected chi connectivity index (χ4v) is 2.68. The summed E-state index contributed by atoms with van der Waals surface area (Å²) in [5, 5.41) is 5.53. The van der Waals surface area contributed by atoms with E-state index in [4.69, 9.17) is 9.47 Å². The van der Waals surface area contributed by atoms with Crippen LogP contribution in [0.3, 0.4) is 0 Å². The first-order chi connectivity index (χ1) is 13.7. The molecule has 1 atom stereocenters. The fraction of sp³-hybridized carbons (Fsp3) is 0.391. The van der Waals surface area contributed by atoms with Crippen molar-refractivity contribution in [1.29, 1.82) is 0 Å². The average molecular weight is 399 g/mol. The molecule has 6 nitrogen and oxygen atoms in total. The van der Waals surface area contributed by atoms with E-state index in [1.165, 1.54) is 5.56 Å². The number of ether oxygens (including phenoxy) is 2. The Hall–Kier alpha value is -2.86. The van der Waals surface area contributed by atoms with E-state index in [-0.39, 0.29) is 17.2 Å². The van der Waals surface area contributed by atoms with Crippen LogP contribution in [0.25, 0.3) is 0 Å². The molecule has 0 aliphatic carbocycles. The molecule has 2 aromatic rings. The Labute approximate surface area is 172 Å². The second-order valence-electron chi connectivity index (χ2n) is 7.82. The van der Waals surface area contributed by atoms with E-state index in [0.29, 0.717) is 30.2 Å². The Morgan fingerprint density at radius 3 is 2.31 bits per heavy atom. The van der Waals surface area contributed by atoms with Gasteiger partial charge in [-0.05, 0) is 42.2 Å². The molecule has 2 aromatic carbocycles. The van der Waals surface area contributed by atoms with Crippen molar-refractivity contribution < 1.29 is 19.1 Å². The molecule has 0 aliphatic rings. The van der Waals surface area contributed by atoms with Crippen LogP contribution in [-0.2, 0) is 14.9 Å². The zero-order valence-corrected chi connectivity index (χ0v) is 17.7. The van der Waals surface area contributed by atoms with Crippen LogP contribution in [0.4, 0.5) is 5.69 Å². The second-order valence-corrected chi connectivity index (χ2v) is 7.82. The van der Waals surface area contributed by atoms with Crippen LogP contribution in [0.1, 0.15) is 43.6 Å². The van der Waals surface area contributed by atoms with Gasteiger partial charge in [-0.1, -0.05) is 45.0 Å². The number of carbonyl (C=O) groups is 2. The maximum atomic E-state index is 12.6. The molecule has 0 radical (unpaired) electrons. The van der Waals surface area contributed by atoms with Crippen LogP contribution in [0, 0.1) is 0 Å². The lowest BCUT2D eigenvalue weighted by Crippen LogP contribution is -2.32. The van der Waals surface area contributed by atoms with Crippen LogP contribution >= 0.6 is 0 Å². The molecule has 0 bridgehead atoms. The lowest BCUT2D eigenvalue weighted by Gasteiger charge is -2.20. The van der Waals surface area contributed by atoms with Gasteiger partial charge < -0.3 is 20.1 Å². The number of amides is 2. The average Bonchev–Trinajstić information content (AvgIpc) is 2.68. The summed E-state index contributed by atoms with van der Waals surface area (Å²) in [4.78, 5) is 24.9. The summed E-state index contributed by atoms with van der Waals surface area (Å²) in [6.45, 7) is 8.90. The number of hydrogen-bond acceptors (Lipinski definition) is 4. The van der Waals surface area contributed by atoms with Gasteiger partial charge in [0, 0.05) is 13.7 Å². The summed E-state index contributed by atoms with van der Waals surface area (Å²) in [7, 11) is 1.57. The van der Waals surface area contributed by atoms with E-state index >= 15 is 0 Å². The Bertz CT molecular complexity index is 826. The summed E-state index contributed by atoms with van der Waals surface area (Å²) in [6, 6.07) is 14.6. The molecule has 29 heavy (non-hydrogen) atoms. The third kappa shape index (κ3) is 6.61. The van der Waals surface area contributed by atoms with E-state index < -0.39 is 6.10 Å². The Kier molecular flexibility index (Phi) is 7.79. The third-order valence-corrected chi connectivity index (χ3v) is 4.42. The van der Waals surface area contributed by atoms with Crippen molar-refractivity contribution in [2.75, 3.05) is 25.6 Å². The van der Waals surface area contributed by atoms with Gasteiger partial charge in [-0.2, -0.15) is 0 Å². The van der Waals surface area contributed by atoms with Gasteiger partial charge in [0.1, 0.15) is 5.75 Å². The van der Waals surface area contributed by atoms with Crippen LogP contribution in [0.2, 0.25) is 0 Å². The standard InChI is InChI=1S/C23H30N2O4/c1-16(29-18-12-10-17(11-13-18)23(2,3)4)21(26)25-20-9-7-6-8-19(20)22(27)24-14-15-28-5/h6-13,16H,14-15H2,1-5H3,(H,24,27)(H,25,26). The number of hydrogen-bond donors (Lipinski definition) is 2. The predicted molar refractivity (Wildman–Crippen MR) is 115 cm³/mol. The molecule has 0 aliphatic heterocycles. The largest absolute Gasteiger partial charge is 0.481 e. The summed E-state index contributed by atoms with van der Waals surface area (Å²) in [5.41, 5.74) is 2.06. The molecule has 0 saturated heterocycles. The highest BCUT2D eigenvalue weighted by Crippen LogP contribution is 2.25. The van der Waals surface area contributed by atoms with Gasteiger partial charge in [0.15, 0.2) is 6.10 Å². The summed E-state index contributed by atoms with van der Waals surface area (Å²) in [6.07, 6.45) is -0.722. The summed E-state index contributed by atoms with van der Waals surface area (Å²) >= 11 is 0.